The maximum Gasteiger partial charge on any atom is 0.0708 e. The van der Waals surface area contributed by atoms with Crippen LogP contribution < -0.4 is 0 Å². The standard InChI is InChI=1S/C20H39O/c1-7-9-13-19(6,12-8-2)16-21-20(17(3)4)14-10-11-18(5)15-20/h17-18H,1,7-16H2,2-6H3. The van der Waals surface area contributed by atoms with Crippen LogP contribution >= 0.6 is 0 Å². The number of unbranched alkanes of at least 4 members (excludes halogenated alkanes) is 1. The predicted octanol–water partition coefficient (Wildman–Crippen LogP) is 6.42. The Kier molecular flexibility index (Phi) is 7.74. The first kappa shape index (κ1) is 19.0. The van der Waals surface area contributed by atoms with Gasteiger partial charge in [-0.05, 0) is 42.9 Å². The van der Waals surface area contributed by atoms with Crippen LogP contribution in [0.25, 0.3) is 0 Å². The average molecular weight is 296 g/mol. The zero-order valence-electron chi connectivity index (χ0n) is 15.3. The molecule has 0 bridgehead atoms. The molecule has 0 N–H and O–H groups in total. The molecule has 1 saturated carbocycles. The molecule has 1 aliphatic carbocycles. The van der Waals surface area contributed by atoms with Crippen LogP contribution in [0.2, 0.25) is 0 Å². The van der Waals surface area contributed by atoms with Crippen molar-refractivity contribution in [2.24, 2.45) is 17.3 Å². The van der Waals surface area contributed by atoms with Gasteiger partial charge in [0.1, 0.15) is 0 Å². The molecule has 1 aliphatic rings. The third-order valence-corrected chi connectivity index (χ3v) is 5.64. The lowest BCUT2D eigenvalue weighted by atomic mass is 9.72. The molecule has 1 rings (SSSR count). The molecule has 0 heterocycles. The maximum atomic E-state index is 6.70. The molecular formula is C20H39O. The van der Waals surface area contributed by atoms with Gasteiger partial charge < -0.3 is 4.74 Å². The molecule has 3 unspecified atom stereocenters. The van der Waals surface area contributed by atoms with Crippen LogP contribution in [0.1, 0.15) is 92.4 Å². The fourth-order valence-corrected chi connectivity index (χ4v) is 4.11. The molecule has 3 atom stereocenters. The van der Waals surface area contributed by atoms with Crippen molar-refractivity contribution in [1.82, 2.24) is 0 Å². The first-order valence-corrected chi connectivity index (χ1v) is 9.30. The molecule has 0 saturated heterocycles. The van der Waals surface area contributed by atoms with Crippen LogP contribution in [0.15, 0.2) is 0 Å². The van der Waals surface area contributed by atoms with Crippen LogP contribution in [0.3, 0.4) is 0 Å². The lowest BCUT2D eigenvalue weighted by molar-refractivity contribution is -0.137. The van der Waals surface area contributed by atoms with E-state index in [1.54, 1.807) is 0 Å². The van der Waals surface area contributed by atoms with Gasteiger partial charge in [0.05, 0.1) is 12.2 Å². The smallest absolute Gasteiger partial charge is 0.0708 e. The van der Waals surface area contributed by atoms with Gasteiger partial charge in [0.25, 0.3) is 0 Å². The summed E-state index contributed by atoms with van der Waals surface area (Å²) >= 11 is 0. The maximum absolute atomic E-state index is 6.70. The number of rotatable bonds is 9. The first-order chi connectivity index (χ1) is 9.87. The summed E-state index contributed by atoms with van der Waals surface area (Å²) in [5, 5.41) is 0. The van der Waals surface area contributed by atoms with E-state index in [1.807, 2.05) is 0 Å². The zero-order chi connectivity index (χ0) is 15.9. The molecule has 1 radical (unpaired) electrons. The van der Waals surface area contributed by atoms with Crippen LogP contribution in [-0.2, 0) is 4.74 Å². The van der Waals surface area contributed by atoms with Crippen molar-refractivity contribution in [3.8, 4) is 0 Å². The first-order valence-electron chi connectivity index (χ1n) is 9.30. The van der Waals surface area contributed by atoms with Gasteiger partial charge in [0.2, 0.25) is 0 Å². The van der Waals surface area contributed by atoms with Gasteiger partial charge in [0, 0.05) is 0 Å². The highest BCUT2D eigenvalue weighted by Crippen LogP contribution is 2.42. The average Bonchev–Trinajstić information content (AvgIpc) is 2.43. The summed E-state index contributed by atoms with van der Waals surface area (Å²) in [6.07, 6.45) is 11.3. The molecular weight excluding hydrogens is 256 g/mol. The topological polar surface area (TPSA) is 9.23 Å². The third-order valence-electron chi connectivity index (χ3n) is 5.64. The Morgan fingerprint density at radius 3 is 2.57 bits per heavy atom. The van der Waals surface area contributed by atoms with E-state index in [-0.39, 0.29) is 5.60 Å². The minimum absolute atomic E-state index is 0.136. The SMILES string of the molecule is [CH2]CCCC(C)(CCC)COC1(C(C)C)CCCC(C)C1. The second-order valence-corrected chi connectivity index (χ2v) is 8.23. The summed E-state index contributed by atoms with van der Waals surface area (Å²) < 4.78 is 6.70. The summed E-state index contributed by atoms with van der Waals surface area (Å²) in [7, 11) is 0. The van der Waals surface area contributed by atoms with Gasteiger partial charge in [-0.25, -0.2) is 0 Å². The van der Waals surface area contributed by atoms with Crippen LogP contribution in [0, 0.1) is 24.2 Å². The van der Waals surface area contributed by atoms with Gasteiger partial charge in [-0.15, -0.1) is 0 Å². The molecule has 0 aromatic carbocycles. The summed E-state index contributed by atoms with van der Waals surface area (Å²) in [6.45, 7) is 16.8. The lowest BCUT2D eigenvalue weighted by Crippen LogP contribution is -2.45. The normalized spacial score (nSPS) is 29.6. The van der Waals surface area contributed by atoms with Gasteiger partial charge in [-0.2, -0.15) is 0 Å². The fourth-order valence-electron chi connectivity index (χ4n) is 4.11. The van der Waals surface area contributed by atoms with Crippen molar-refractivity contribution >= 4 is 0 Å². The van der Waals surface area contributed by atoms with Crippen molar-refractivity contribution in [2.45, 2.75) is 98.0 Å². The van der Waals surface area contributed by atoms with E-state index < -0.39 is 0 Å². The van der Waals surface area contributed by atoms with E-state index >= 15 is 0 Å². The quantitative estimate of drug-likeness (QED) is 0.477. The monoisotopic (exact) mass is 295 g/mol. The summed E-state index contributed by atoms with van der Waals surface area (Å²) in [4.78, 5) is 0. The van der Waals surface area contributed by atoms with Crippen molar-refractivity contribution in [1.29, 1.82) is 0 Å². The van der Waals surface area contributed by atoms with Crippen molar-refractivity contribution in [3.63, 3.8) is 0 Å². The van der Waals surface area contributed by atoms with Crippen molar-refractivity contribution < 1.29 is 4.74 Å². The van der Waals surface area contributed by atoms with Crippen LogP contribution in [0.5, 0.6) is 0 Å². The Balaban J connectivity index is 2.69. The molecule has 1 nitrogen and oxygen atoms in total. The predicted molar refractivity (Wildman–Crippen MR) is 93.4 cm³/mol. The molecule has 1 heteroatoms. The van der Waals surface area contributed by atoms with Crippen LogP contribution in [0.4, 0.5) is 0 Å². The van der Waals surface area contributed by atoms with Crippen molar-refractivity contribution in [2.75, 3.05) is 6.61 Å². The van der Waals surface area contributed by atoms with Gasteiger partial charge in [-0.3, -0.25) is 0 Å². The highest BCUT2D eigenvalue weighted by atomic mass is 16.5. The number of hydrogen-bond donors (Lipinski definition) is 0. The Labute approximate surface area is 134 Å². The molecule has 125 valence electrons. The molecule has 0 aliphatic heterocycles. The second kappa shape index (κ2) is 8.56. The number of hydrogen-bond acceptors (Lipinski definition) is 1. The highest BCUT2D eigenvalue weighted by molar-refractivity contribution is 4.91. The number of ether oxygens (including phenoxy) is 1. The van der Waals surface area contributed by atoms with E-state index in [2.05, 4.69) is 41.5 Å². The minimum Gasteiger partial charge on any atom is -0.374 e. The largest absolute Gasteiger partial charge is 0.374 e. The second-order valence-electron chi connectivity index (χ2n) is 8.23. The molecule has 1 fully saturated rings. The Bertz CT molecular complexity index is 286. The van der Waals surface area contributed by atoms with Gasteiger partial charge >= 0.3 is 0 Å². The molecule has 0 aromatic heterocycles. The zero-order valence-corrected chi connectivity index (χ0v) is 15.3. The third kappa shape index (κ3) is 5.58. The molecule has 0 spiro atoms. The van der Waals surface area contributed by atoms with E-state index in [0.29, 0.717) is 11.3 Å². The minimum atomic E-state index is 0.136. The molecule has 0 amide bonds. The van der Waals surface area contributed by atoms with Crippen LogP contribution in [-0.4, -0.2) is 12.2 Å². The van der Waals surface area contributed by atoms with Gasteiger partial charge in [0.15, 0.2) is 0 Å². The van der Waals surface area contributed by atoms with E-state index in [0.717, 1.165) is 18.9 Å². The summed E-state index contributed by atoms with van der Waals surface area (Å²) in [5.74, 6) is 1.44. The Morgan fingerprint density at radius 2 is 2.05 bits per heavy atom. The van der Waals surface area contributed by atoms with E-state index in [4.69, 9.17) is 4.74 Å². The van der Waals surface area contributed by atoms with E-state index in [1.165, 1.54) is 51.4 Å². The fraction of sp³-hybridized carbons (Fsp3) is 0.950. The Morgan fingerprint density at radius 1 is 1.33 bits per heavy atom. The summed E-state index contributed by atoms with van der Waals surface area (Å²) in [5.41, 5.74) is 0.478. The van der Waals surface area contributed by atoms with Crippen molar-refractivity contribution in [3.05, 3.63) is 6.92 Å². The molecule has 0 aromatic rings. The molecule has 21 heavy (non-hydrogen) atoms. The lowest BCUT2D eigenvalue weighted by Gasteiger charge is -2.45. The van der Waals surface area contributed by atoms with E-state index in [9.17, 15) is 0 Å². The highest BCUT2D eigenvalue weighted by Gasteiger charge is 2.40. The Hall–Kier alpha value is -0.0400. The van der Waals surface area contributed by atoms with Gasteiger partial charge in [-0.1, -0.05) is 73.6 Å². The summed E-state index contributed by atoms with van der Waals surface area (Å²) in [6, 6.07) is 0.